The van der Waals surface area contributed by atoms with Crippen molar-refractivity contribution in [1.29, 1.82) is 0 Å². The third-order valence-corrected chi connectivity index (χ3v) is 7.89. The summed E-state index contributed by atoms with van der Waals surface area (Å²) in [5.41, 5.74) is 4.26. The van der Waals surface area contributed by atoms with Crippen molar-refractivity contribution in [3.63, 3.8) is 0 Å². The average Bonchev–Trinajstić information content (AvgIpc) is 2.93. The molecule has 0 amide bonds. The summed E-state index contributed by atoms with van der Waals surface area (Å²) >= 11 is 1.95. The third-order valence-electron chi connectivity index (χ3n) is 6.79. The number of esters is 1. The molecule has 0 radical (unpaired) electrons. The molecule has 0 aliphatic heterocycles. The van der Waals surface area contributed by atoms with Crippen molar-refractivity contribution in [3.8, 4) is 11.1 Å². The Morgan fingerprint density at radius 2 is 1.35 bits per heavy atom. The fourth-order valence-electron chi connectivity index (χ4n) is 4.60. The number of aryl methyl sites for hydroxylation is 1. The molecule has 0 heterocycles. The number of ether oxygens (including phenoxy) is 1. The maximum absolute atomic E-state index is 12.8. The first-order valence-corrected chi connectivity index (χ1v) is 15.3. The predicted octanol–water partition coefficient (Wildman–Crippen LogP) is 10.2. The van der Waals surface area contributed by atoms with E-state index in [4.69, 9.17) is 4.74 Å². The minimum Gasteiger partial charge on any atom is -0.459 e. The van der Waals surface area contributed by atoms with E-state index >= 15 is 0 Å². The Bertz CT molecular complexity index is 1010. The summed E-state index contributed by atoms with van der Waals surface area (Å²) < 4.78 is 5.91. The molecule has 0 saturated carbocycles. The van der Waals surface area contributed by atoms with Crippen LogP contribution in [0.3, 0.4) is 0 Å². The van der Waals surface area contributed by atoms with Gasteiger partial charge in [0.25, 0.3) is 0 Å². The molecule has 0 aromatic heterocycles. The van der Waals surface area contributed by atoms with Crippen LogP contribution in [0.15, 0.2) is 83.8 Å². The number of rotatable bonds is 17. The fourth-order valence-corrected chi connectivity index (χ4v) is 5.51. The molecule has 3 heteroatoms. The van der Waals surface area contributed by atoms with Gasteiger partial charge in [0, 0.05) is 4.90 Å². The summed E-state index contributed by atoms with van der Waals surface area (Å²) in [5, 5.41) is 0. The van der Waals surface area contributed by atoms with Gasteiger partial charge in [0.2, 0.25) is 0 Å². The highest BCUT2D eigenvalue weighted by Gasteiger charge is 2.15. The average molecular weight is 517 g/mol. The van der Waals surface area contributed by atoms with Gasteiger partial charge < -0.3 is 4.74 Å². The molecule has 0 aliphatic rings. The molecule has 1 unspecified atom stereocenters. The van der Waals surface area contributed by atoms with Crippen LogP contribution in [-0.2, 0) is 11.2 Å². The maximum Gasteiger partial charge on any atom is 0.338 e. The van der Waals surface area contributed by atoms with Crippen molar-refractivity contribution < 1.29 is 9.53 Å². The first-order valence-electron chi connectivity index (χ1n) is 14.3. The zero-order valence-corrected chi connectivity index (χ0v) is 23.6. The second kappa shape index (κ2) is 17.1. The largest absolute Gasteiger partial charge is 0.459 e. The second-order valence-electron chi connectivity index (χ2n) is 9.91. The number of hydrogen-bond acceptors (Lipinski definition) is 3. The molecule has 3 rings (SSSR count). The van der Waals surface area contributed by atoms with E-state index in [0.29, 0.717) is 5.56 Å². The van der Waals surface area contributed by atoms with E-state index in [1.165, 1.54) is 60.3 Å². The molecule has 0 spiro atoms. The standard InChI is InChI=1S/C34H44O2S/c1-3-5-6-7-8-12-27-37-33-25-23-30(24-26-33)29-19-21-31(22-20-29)34(35)36-32(14-4-2)18-13-17-28-15-10-9-11-16-28/h9-11,15-16,19-26,32H,3-8,12-14,17-18,27H2,1-2H3. The van der Waals surface area contributed by atoms with Gasteiger partial charge >= 0.3 is 5.97 Å². The summed E-state index contributed by atoms with van der Waals surface area (Å²) in [4.78, 5) is 14.2. The van der Waals surface area contributed by atoms with Crippen molar-refractivity contribution in [3.05, 3.63) is 90.0 Å². The Hall–Kier alpha value is -2.52. The number of carbonyl (C=O) groups excluding carboxylic acids is 1. The van der Waals surface area contributed by atoms with E-state index in [2.05, 4.69) is 62.4 Å². The van der Waals surface area contributed by atoms with Crippen molar-refractivity contribution in [2.75, 3.05) is 5.75 Å². The van der Waals surface area contributed by atoms with Gasteiger partial charge in [0.15, 0.2) is 0 Å². The Balaban J connectivity index is 1.45. The van der Waals surface area contributed by atoms with Crippen molar-refractivity contribution >= 4 is 17.7 Å². The lowest BCUT2D eigenvalue weighted by atomic mass is 10.0. The lowest BCUT2D eigenvalue weighted by Crippen LogP contribution is -2.18. The normalized spacial score (nSPS) is 11.8. The SMILES string of the molecule is CCCCCCCCSc1ccc(-c2ccc(C(=O)OC(CCC)CCCc3ccccc3)cc2)cc1. The van der Waals surface area contributed by atoms with Gasteiger partial charge in [-0.15, -0.1) is 11.8 Å². The predicted molar refractivity (Wildman–Crippen MR) is 159 cm³/mol. The minimum absolute atomic E-state index is 0.0257. The summed E-state index contributed by atoms with van der Waals surface area (Å²) in [6.07, 6.45) is 12.9. The van der Waals surface area contributed by atoms with Gasteiger partial charge in [-0.3, -0.25) is 0 Å². The first kappa shape index (κ1) is 29.0. The Morgan fingerprint density at radius 3 is 2.03 bits per heavy atom. The zero-order chi connectivity index (χ0) is 26.1. The van der Waals surface area contributed by atoms with Gasteiger partial charge in [-0.1, -0.05) is 107 Å². The minimum atomic E-state index is -0.217. The molecule has 0 fully saturated rings. The molecule has 0 N–H and O–H groups in total. The monoisotopic (exact) mass is 516 g/mol. The molecule has 3 aromatic carbocycles. The summed E-state index contributed by atoms with van der Waals surface area (Å²) in [5.74, 6) is 0.972. The Labute approximate surface area is 229 Å². The molecule has 37 heavy (non-hydrogen) atoms. The highest BCUT2D eigenvalue weighted by molar-refractivity contribution is 7.99. The van der Waals surface area contributed by atoms with Crippen molar-refractivity contribution in [2.45, 2.75) is 95.5 Å². The molecule has 1 atom stereocenters. The van der Waals surface area contributed by atoms with Gasteiger partial charge in [0.05, 0.1) is 5.56 Å². The summed E-state index contributed by atoms with van der Waals surface area (Å²) in [6, 6.07) is 27.1. The smallest absolute Gasteiger partial charge is 0.338 e. The molecule has 3 aromatic rings. The quantitative estimate of drug-likeness (QED) is 0.101. The summed E-state index contributed by atoms with van der Waals surface area (Å²) in [6.45, 7) is 4.41. The van der Waals surface area contributed by atoms with Gasteiger partial charge in [-0.05, 0) is 78.8 Å². The van der Waals surface area contributed by atoms with Crippen LogP contribution in [-0.4, -0.2) is 17.8 Å². The number of carbonyl (C=O) groups is 1. The van der Waals surface area contributed by atoms with Crippen LogP contribution in [0.25, 0.3) is 11.1 Å². The topological polar surface area (TPSA) is 26.3 Å². The number of hydrogen-bond donors (Lipinski definition) is 0. The number of benzene rings is 3. The highest BCUT2D eigenvalue weighted by Crippen LogP contribution is 2.26. The van der Waals surface area contributed by atoms with Crippen LogP contribution in [0.1, 0.15) is 94.0 Å². The van der Waals surface area contributed by atoms with Gasteiger partial charge in [-0.2, -0.15) is 0 Å². The van der Waals surface area contributed by atoms with E-state index in [1.807, 2.05) is 42.1 Å². The molecule has 2 nitrogen and oxygen atoms in total. The van der Waals surface area contributed by atoms with Crippen molar-refractivity contribution in [1.82, 2.24) is 0 Å². The molecular formula is C34H44O2S. The van der Waals surface area contributed by atoms with E-state index < -0.39 is 0 Å². The number of unbranched alkanes of at least 4 members (excludes halogenated alkanes) is 5. The third kappa shape index (κ3) is 10.8. The van der Waals surface area contributed by atoms with Gasteiger partial charge in [-0.25, -0.2) is 4.79 Å². The van der Waals surface area contributed by atoms with Crippen molar-refractivity contribution in [2.24, 2.45) is 0 Å². The van der Waals surface area contributed by atoms with Gasteiger partial charge in [0.1, 0.15) is 6.10 Å². The highest BCUT2D eigenvalue weighted by atomic mass is 32.2. The first-order chi connectivity index (χ1) is 18.2. The van der Waals surface area contributed by atoms with E-state index in [0.717, 1.165) is 37.7 Å². The molecule has 0 bridgehead atoms. The van der Waals surface area contributed by atoms with E-state index in [1.54, 1.807) is 0 Å². The lowest BCUT2D eigenvalue weighted by molar-refractivity contribution is 0.0255. The number of thioether (sulfide) groups is 1. The van der Waals surface area contributed by atoms with Crippen LogP contribution in [0.4, 0.5) is 0 Å². The fraction of sp³-hybridized carbons (Fsp3) is 0.441. The van der Waals surface area contributed by atoms with Crippen LogP contribution < -0.4 is 0 Å². The van der Waals surface area contributed by atoms with E-state index in [-0.39, 0.29) is 12.1 Å². The molecule has 0 saturated heterocycles. The second-order valence-corrected chi connectivity index (χ2v) is 11.1. The Morgan fingerprint density at radius 1 is 0.703 bits per heavy atom. The van der Waals surface area contributed by atoms with Crippen LogP contribution >= 0.6 is 11.8 Å². The maximum atomic E-state index is 12.8. The molecule has 198 valence electrons. The Kier molecular flexibility index (Phi) is 13.4. The summed E-state index contributed by atoms with van der Waals surface area (Å²) in [7, 11) is 0. The van der Waals surface area contributed by atoms with Crippen LogP contribution in [0.2, 0.25) is 0 Å². The lowest BCUT2D eigenvalue weighted by Gasteiger charge is -2.17. The van der Waals surface area contributed by atoms with Crippen LogP contribution in [0, 0.1) is 0 Å². The molecular weight excluding hydrogens is 472 g/mol. The van der Waals surface area contributed by atoms with E-state index in [9.17, 15) is 4.79 Å². The zero-order valence-electron chi connectivity index (χ0n) is 22.8. The van der Waals surface area contributed by atoms with Crippen LogP contribution in [0.5, 0.6) is 0 Å². The molecule has 0 aliphatic carbocycles.